The zero-order valence-corrected chi connectivity index (χ0v) is 17.0. The molecule has 0 spiro atoms. The van der Waals surface area contributed by atoms with Crippen LogP contribution in [0.2, 0.25) is 0 Å². The first-order valence-electron chi connectivity index (χ1n) is 8.75. The Balaban J connectivity index is 1.67. The predicted molar refractivity (Wildman–Crippen MR) is 121 cm³/mol. The van der Waals surface area contributed by atoms with Crippen LogP contribution in [0, 0.1) is 13.8 Å². The molecule has 0 aliphatic carbocycles. The highest BCUT2D eigenvalue weighted by Crippen LogP contribution is 2.30. The molecule has 0 bridgehead atoms. The van der Waals surface area contributed by atoms with E-state index in [1.165, 1.54) is 16.0 Å². The van der Waals surface area contributed by atoms with Gasteiger partial charge >= 0.3 is 0 Å². The molecule has 0 aliphatic rings. The molecular weight excluding hydrogens is 388 g/mol. The highest BCUT2D eigenvalue weighted by molar-refractivity contribution is 7.80. The molecule has 2 aromatic heterocycles. The van der Waals surface area contributed by atoms with Crippen LogP contribution in [0.3, 0.4) is 0 Å². The number of rotatable bonds is 3. The minimum absolute atomic E-state index is 0.163. The Hall–Kier alpha value is -3.03. The van der Waals surface area contributed by atoms with Gasteiger partial charge in [-0.1, -0.05) is 48.5 Å². The standard InChI is InChI=1S/C21H18N4OS2/c1-13-8-6-7-11-16(13)23-21(27)24-25-14(2)22-17-12-18(28-19(17)20(25)26)15-9-4-3-5-10-15/h3-12H,1-2H3,(H2,23,24,27). The number of hydrogen-bond donors (Lipinski definition) is 2. The van der Waals surface area contributed by atoms with Gasteiger partial charge < -0.3 is 5.32 Å². The second-order valence-corrected chi connectivity index (χ2v) is 7.83. The fourth-order valence-electron chi connectivity index (χ4n) is 2.93. The largest absolute Gasteiger partial charge is 0.331 e. The van der Waals surface area contributed by atoms with Crippen LogP contribution in [0.5, 0.6) is 0 Å². The quantitative estimate of drug-likeness (QED) is 0.484. The third kappa shape index (κ3) is 3.54. The van der Waals surface area contributed by atoms with E-state index in [1.54, 1.807) is 6.92 Å². The number of hydrogen-bond acceptors (Lipinski definition) is 4. The van der Waals surface area contributed by atoms with Crippen molar-refractivity contribution in [2.45, 2.75) is 13.8 Å². The summed E-state index contributed by atoms with van der Waals surface area (Å²) in [6.07, 6.45) is 0. The van der Waals surface area contributed by atoms with Crippen molar-refractivity contribution in [3.63, 3.8) is 0 Å². The maximum Gasteiger partial charge on any atom is 0.290 e. The SMILES string of the molecule is Cc1ccccc1NC(=S)Nn1c(C)nc2cc(-c3ccccc3)sc2c1=O. The van der Waals surface area contributed by atoms with Crippen LogP contribution in [-0.2, 0) is 0 Å². The number of fused-ring (bicyclic) bond motifs is 1. The number of nitrogens with zero attached hydrogens (tertiary/aromatic N) is 2. The van der Waals surface area contributed by atoms with Gasteiger partial charge in [0.25, 0.3) is 5.56 Å². The van der Waals surface area contributed by atoms with Crippen LogP contribution in [0.15, 0.2) is 65.5 Å². The van der Waals surface area contributed by atoms with Crippen molar-refractivity contribution >= 4 is 44.6 Å². The van der Waals surface area contributed by atoms with Crippen molar-refractivity contribution < 1.29 is 0 Å². The highest BCUT2D eigenvalue weighted by atomic mass is 32.1. The zero-order valence-electron chi connectivity index (χ0n) is 15.4. The summed E-state index contributed by atoms with van der Waals surface area (Å²) < 4.78 is 1.98. The van der Waals surface area contributed by atoms with Crippen molar-refractivity contribution in [3.05, 3.63) is 82.4 Å². The van der Waals surface area contributed by atoms with Crippen LogP contribution in [0.25, 0.3) is 20.7 Å². The van der Waals surface area contributed by atoms with Gasteiger partial charge in [0.2, 0.25) is 0 Å². The van der Waals surface area contributed by atoms with Crippen LogP contribution in [0.4, 0.5) is 5.69 Å². The number of anilines is 1. The van der Waals surface area contributed by atoms with Gasteiger partial charge in [-0.2, -0.15) is 0 Å². The molecule has 0 atom stereocenters. The lowest BCUT2D eigenvalue weighted by Gasteiger charge is -2.15. The molecule has 140 valence electrons. The number of aromatic nitrogens is 2. The van der Waals surface area contributed by atoms with Gasteiger partial charge in [0.1, 0.15) is 10.5 Å². The van der Waals surface area contributed by atoms with Crippen molar-refractivity contribution in [2.75, 3.05) is 10.7 Å². The number of benzene rings is 2. The third-order valence-corrected chi connectivity index (χ3v) is 5.74. The second kappa shape index (κ2) is 7.53. The lowest BCUT2D eigenvalue weighted by molar-refractivity contribution is 0.841. The number of thiophene rings is 1. The van der Waals surface area contributed by atoms with Crippen molar-refractivity contribution in [1.29, 1.82) is 0 Å². The lowest BCUT2D eigenvalue weighted by atomic mass is 10.2. The fraction of sp³-hybridized carbons (Fsp3) is 0.0952. The highest BCUT2D eigenvalue weighted by Gasteiger charge is 2.14. The first-order chi connectivity index (χ1) is 13.5. The number of nitrogens with one attached hydrogen (secondary N) is 2. The average Bonchev–Trinajstić information content (AvgIpc) is 3.12. The maximum absolute atomic E-state index is 13.0. The molecule has 4 rings (SSSR count). The minimum Gasteiger partial charge on any atom is -0.331 e. The molecule has 2 N–H and O–H groups in total. The van der Waals surface area contributed by atoms with Crippen molar-refractivity contribution in [1.82, 2.24) is 9.66 Å². The summed E-state index contributed by atoms with van der Waals surface area (Å²) in [6.45, 7) is 3.77. The molecule has 0 radical (unpaired) electrons. The van der Waals surface area contributed by atoms with E-state index < -0.39 is 0 Å². The molecule has 0 saturated heterocycles. The van der Waals surface area contributed by atoms with Gasteiger partial charge in [0.15, 0.2) is 5.11 Å². The zero-order chi connectivity index (χ0) is 19.7. The Morgan fingerprint density at radius 3 is 2.54 bits per heavy atom. The summed E-state index contributed by atoms with van der Waals surface area (Å²) in [5.41, 5.74) is 6.52. The molecule has 2 heterocycles. The summed E-state index contributed by atoms with van der Waals surface area (Å²) >= 11 is 6.83. The molecule has 7 heteroatoms. The average molecular weight is 407 g/mol. The van der Waals surface area contributed by atoms with E-state index in [2.05, 4.69) is 15.7 Å². The number of para-hydroxylation sites is 1. The van der Waals surface area contributed by atoms with Crippen LogP contribution >= 0.6 is 23.6 Å². The Labute approximate surface area is 171 Å². The summed E-state index contributed by atoms with van der Waals surface area (Å²) in [6, 6.07) is 19.8. The van der Waals surface area contributed by atoms with Gasteiger partial charge in [-0.15, -0.1) is 11.3 Å². The van der Waals surface area contributed by atoms with E-state index in [0.717, 1.165) is 21.7 Å². The lowest BCUT2D eigenvalue weighted by Crippen LogP contribution is -2.37. The fourth-order valence-corrected chi connectivity index (χ4v) is 4.17. The molecule has 0 aliphatic heterocycles. The van der Waals surface area contributed by atoms with Gasteiger partial charge in [0, 0.05) is 10.6 Å². The van der Waals surface area contributed by atoms with Gasteiger partial charge in [-0.3, -0.25) is 10.2 Å². The van der Waals surface area contributed by atoms with Crippen LogP contribution in [-0.4, -0.2) is 14.8 Å². The molecule has 5 nitrogen and oxygen atoms in total. The Kier molecular flexibility index (Phi) is 4.93. The first kappa shape index (κ1) is 18.3. The van der Waals surface area contributed by atoms with E-state index in [4.69, 9.17) is 12.2 Å². The minimum atomic E-state index is -0.163. The number of aryl methyl sites for hydroxylation is 2. The van der Waals surface area contributed by atoms with E-state index in [9.17, 15) is 4.79 Å². The first-order valence-corrected chi connectivity index (χ1v) is 9.97. The Morgan fingerprint density at radius 2 is 1.79 bits per heavy atom. The predicted octanol–water partition coefficient (Wildman–Crippen LogP) is 4.68. The maximum atomic E-state index is 13.0. The van der Waals surface area contributed by atoms with Gasteiger partial charge in [-0.05, 0) is 49.3 Å². The molecule has 0 saturated carbocycles. The monoisotopic (exact) mass is 406 g/mol. The molecular formula is C21H18N4OS2. The third-order valence-electron chi connectivity index (χ3n) is 4.38. The second-order valence-electron chi connectivity index (χ2n) is 6.37. The summed E-state index contributed by atoms with van der Waals surface area (Å²) in [4.78, 5) is 18.6. The van der Waals surface area contributed by atoms with Crippen molar-refractivity contribution in [2.24, 2.45) is 0 Å². The van der Waals surface area contributed by atoms with Crippen LogP contribution in [0.1, 0.15) is 11.4 Å². The number of thiocarbonyl (C=S) groups is 1. The molecule has 28 heavy (non-hydrogen) atoms. The molecule has 0 amide bonds. The van der Waals surface area contributed by atoms with E-state index in [-0.39, 0.29) is 5.56 Å². The van der Waals surface area contributed by atoms with Crippen molar-refractivity contribution in [3.8, 4) is 10.4 Å². The van der Waals surface area contributed by atoms with Gasteiger partial charge in [-0.25, -0.2) is 9.66 Å². The summed E-state index contributed by atoms with van der Waals surface area (Å²) in [5.74, 6) is 0.545. The molecule has 2 aromatic carbocycles. The Bertz CT molecular complexity index is 1230. The smallest absolute Gasteiger partial charge is 0.290 e. The van der Waals surface area contributed by atoms with E-state index in [0.29, 0.717) is 21.2 Å². The van der Waals surface area contributed by atoms with Crippen LogP contribution < -0.4 is 16.3 Å². The normalized spacial score (nSPS) is 10.8. The van der Waals surface area contributed by atoms with Gasteiger partial charge in [0.05, 0.1) is 5.52 Å². The molecule has 0 fully saturated rings. The molecule has 4 aromatic rings. The summed E-state index contributed by atoms with van der Waals surface area (Å²) in [5, 5.41) is 3.46. The summed E-state index contributed by atoms with van der Waals surface area (Å²) in [7, 11) is 0. The Morgan fingerprint density at radius 1 is 1.07 bits per heavy atom. The van der Waals surface area contributed by atoms with E-state index in [1.807, 2.05) is 67.6 Å². The van der Waals surface area contributed by atoms with E-state index >= 15 is 0 Å². The topological polar surface area (TPSA) is 58.9 Å². The molecule has 0 unspecified atom stereocenters.